The largest absolute Gasteiger partial charge is 0.433 e. The Balaban J connectivity index is 1.70. The molecule has 1 saturated heterocycles. The molecular formula is C11H11N5O4S. The number of ether oxygens (including phenoxy) is 1. The average molecular weight is 309 g/mol. The minimum Gasteiger partial charge on any atom is -0.397 e. The van der Waals surface area contributed by atoms with E-state index < -0.39 is 4.92 Å². The number of nitro groups is 1. The standard InChI is InChI=1S/C11H11N5O4S/c17-16(18)9-2-1-8(20-9)10-13-11(21-14-10)12-7-15-3-5-19-6-4-15/h1-2,7H,3-6H2/b12-7+. The molecule has 0 spiro atoms. The summed E-state index contributed by atoms with van der Waals surface area (Å²) in [6.07, 6.45) is 1.71. The van der Waals surface area contributed by atoms with E-state index in [1.54, 1.807) is 6.34 Å². The maximum Gasteiger partial charge on any atom is 0.433 e. The van der Waals surface area contributed by atoms with E-state index in [1.165, 1.54) is 12.1 Å². The van der Waals surface area contributed by atoms with Crippen molar-refractivity contribution in [2.45, 2.75) is 0 Å². The molecule has 1 aliphatic heterocycles. The highest BCUT2D eigenvalue weighted by molar-refractivity contribution is 7.09. The van der Waals surface area contributed by atoms with Crippen molar-refractivity contribution in [2.24, 2.45) is 4.99 Å². The molecule has 1 fully saturated rings. The van der Waals surface area contributed by atoms with Crippen molar-refractivity contribution >= 4 is 28.9 Å². The molecule has 9 nitrogen and oxygen atoms in total. The van der Waals surface area contributed by atoms with Crippen LogP contribution in [0.15, 0.2) is 21.5 Å². The van der Waals surface area contributed by atoms with Gasteiger partial charge in [-0.25, -0.2) is 4.99 Å². The van der Waals surface area contributed by atoms with E-state index in [2.05, 4.69) is 14.3 Å². The van der Waals surface area contributed by atoms with Gasteiger partial charge in [-0.3, -0.25) is 10.1 Å². The fourth-order valence-electron chi connectivity index (χ4n) is 1.74. The molecule has 0 N–H and O–H groups in total. The minimum absolute atomic E-state index is 0.255. The van der Waals surface area contributed by atoms with Gasteiger partial charge in [0, 0.05) is 24.6 Å². The number of rotatable bonds is 4. The summed E-state index contributed by atoms with van der Waals surface area (Å²) in [7, 11) is 0. The van der Waals surface area contributed by atoms with E-state index in [-0.39, 0.29) is 11.6 Å². The number of morpholine rings is 1. The van der Waals surface area contributed by atoms with Crippen LogP contribution in [-0.4, -0.2) is 51.8 Å². The van der Waals surface area contributed by atoms with Crippen molar-refractivity contribution in [3.05, 3.63) is 22.2 Å². The molecule has 1 aliphatic rings. The lowest BCUT2D eigenvalue weighted by atomic mass is 10.4. The van der Waals surface area contributed by atoms with Crippen molar-refractivity contribution in [1.82, 2.24) is 14.3 Å². The number of hydrogen-bond donors (Lipinski definition) is 0. The van der Waals surface area contributed by atoms with Crippen LogP contribution in [0, 0.1) is 10.1 Å². The second-order valence-corrected chi connectivity index (χ2v) is 4.92. The van der Waals surface area contributed by atoms with Crippen molar-refractivity contribution in [1.29, 1.82) is 0 Å². The molecule has 0 unspecified atom stereocenters. The summed E-state index contributed by atoms with van der Waals surface area (Å²) in [5.74, 6) is 0.214. The summed E-state index contributed by atoms with van der Waals surface area (Å²) >= 11 is 1.10. The number of furan rings is 1. The maximum absolute atomic E-state index is 10.6. The Labute approximate surface area is 123 Å². The molecule has 0 atom stereocenters. The Bertz CT molecular complexity index is 661. The van der Waals surface area contributed by atoms with Crippen LogP contribution < -0.4 is 0 Å². The summed E-state index contributed by atoms with van der Waals surface area (Å²) in [6, 6.07) is 2.74. The molecule has 2 aromatic rings. The molecule has 0 amide bonds. The fraction of sp³-hybridized carbons (Fsp3) is 0.364. The van der Waals surface area contributed by atoms with Gasteiger partial charge in [-0.05, 0) is 6.07 Å². The van der Waals surface area contributed by atoms with Crippen LogP contribution in [0.4, 0.5) is 11.0 Å². The monoisotopic (exact) mass is 309 g/mol. The normalized spacial score (nSPS) is 15.7. The Kier molecular flexibility index (Phi) is 3.88. The second kappa shape index (κ2) is 5.97. The molecule has 0 saturated carbocycles. The Morgan fingerprint density at radius 1 is 1.43 bits per heavy atom. The zero-order chi connectivity index (χ0) is 14.7. The summed E-state index contributed by atoms with van der Waals surface area (Å²) < 4.78 is 14.4. The SMILES string of the molecule is O=[N+]([O-])c1ccc(-c2nsc(/N=C/N3CCOCC3)n2)o1. The first kappa shape index (κ1) is 13.6. The van der Waals surface area contributed by atoms with Crippen molar-refractivity contribution in [3.8, 4) is 11.6 Å². The first-order chi connectivity index (χ1) is 10.2. The number of hydrogen-bond acceptors (Lipinski definition) is 8. The molecule has 0 aliphatic carbocycles. The fourth-order valence-corrected chi connectivity index (χ4v) is 2.26. The van der Waals surface area contributed by atoms with E-state index >= 15 is 0 Å². The summed E-state index contributed by atoms with van der Waals surface area (Å²) in [5, 5.41) is 11.0. The molecular weight excluding hydrogens is 298 g/mol. The van der Waals surface area contributed by atoms with Gasteiger partial charge in [0.1, 0.15) is 4.92 Å². The van der Waals surface area contributed by atoms with Gasteiger partial charge in [0.15, 0.2) is 5.76 Å². The molecule has 110 valence electrons. The molecule has 3 heterocycles. The topological polar surface area (TPSA) is 107 Å². The lowest BCUT2D eigenvalue weighted by molar-refractivity contribution is -0.401. The van der Waals surface area contributed by atoms with Crippen LogP contribution in [0.5, 0.6) is 0 Å². The zero-order valence-electron chi connectivity index (χ0n) is 10.8. The number of aliphatic imine (C=N–C) groups is 1. The van der Waals surface area contributed by atoms with Crippen LogP contribution in [0.2, 0.25) is 0 Å². The molecule has 10 heteroatoms. The van der Waals surface area contributed by atoms with Crippen LogP contribution in [0.3, 0.4) is 0 Å². The molecule has 2 aromatic heterocycles. The van der Waals surface area contributed by atoms with Crippen LogP contribution in [-0.2, 0) is 4.74 Å². The van der Waals surface area contributed by atoms with Crippen molar-refractivity contribution in [2.75, 3.05) is 26.3 Å². The Morgan fingerprint density at radius 2 is 2.24 bits per heavy atom. The predicted molar refractivity (Wildman–Crippen MR) is 74.8 cm³/mol. The highest BCUT2D eigenvalue weighted by atomic mass is 32.1. The molecule has 21 heavy (non-hydrogen) atoms. The van der Waals surface area contributed by atoms with Crippen LogP contribution in [0.1, 0.15) is 0 Å². The quantitative estimate of drug-likeness (QED) is 0.366. The van der Waals surface area contributed by atoms with E-state index in [1.807, 2.05) is 4.90 Å². The van der Waals surface area contributed by atoms with Gasteiger partial charge in [-0.1, -0.05) is 0 Å². The molecule has 0 bridgehead atoms. The third-order valence-electron chi connectivity index (χ3n) is 2.78. The van der Waals surface area contributed by atoms with E-state index in [9.17, 15) is 10.1 Å². The van der Waals surface area contributed by atoms with Gasteiger partial charge in [0.25, 0.3) is 0 Å². The van der Waals surface area contributed by atoms with Crippen LogP contribution in [0.25, 0.3) is 11.6 Å². The highest BCUT2D eigenvalue weighted by Crippen LogP contribution is 2.27. The average Bonchev–Trinajstić information content (AvgIpc) is 3.15. The number of nitrogens with zero attached hydrogens (tertiary/aromatic N) is 5. The van der Waals surface area contributed by atoms with Gasteiger partial charge >= 0.3 is 5.88 Å². The van der Waals surface area contributed by atoms with Gasteiger partial charge < -0.3 is 14.1 Å². The van der Waals surface area contributed by atoms with E-state index in [4.69, 9.17) is 9.15 Å². The molecule has 3 rings (SSSR count). The predicted octanol–water partition coefficient (Wildman–Crippen LogP) is 1.70. The van der Waals surface area contributed by atoms with Crippen LogP contribution >= 0.6 is 11.5 Å². The summed E-state index contributed by atoms with van der Waals surface area (Å²) in [4.78, 5) is 20.4. The molecule has 0 radical (unpaired) electrons. The van der Waals surface area contributed by atoms with Gasteiger partial charge in [-0.2, -0.15) is 9.36 Å². The minimum atomic E-state index is -0.604. The van der Waals surface area contributed by atoms with E-state index in [0.29, 0.717) is 24.2 Å². The summed E-state index contributed by atoms with van der Waals surface area (Å²) in [5.41, 5.74) is 0. The maximum atomic E-state index is 10.6. The van der Waals surface area contributed by atoms with Crippen molar-refractivity contribution in [3.63, 3.8) is 0 Å². The van der Waals surface area contributed by atoms with E-state index in [0.717, 1.165) is 24.6 Å². The van der Waals surface area contributed by atoms with Gasteiger partial charge in [-0.15, -0.1) is 0 Å². The first-order valence-corrected chi connectivity index (χ1v) is 6.94. The smallest absolute Gasteiger partial charge is 0.397 e. The van der Waals surface area contributed by atoms with Gasteiger partial charge in [0.05, 0.1) is 25.6 Å². The lowest BCUT2D eigenvalue weighted by Gasteiger charge is -2.23. The third-order valence-corrected chi connectivity index (χ3v) is 3.41. The van der Waals surface area contributed by atoms with Gasteiger partial charge in [0.2, 0.25) is 11.0 Å². The number of aromatic nitrogens is 2. The first-order valence-electron chi connectivity index (χ1n) is 6.17. The van der Waals surface area contributed by atoms with Crippen molar-refractivity contribution < 1.29 is 14.1 Å². The Morgan fingerprint density at radius 3 is 2.95 bits per heavy atom. The lowest BCUT2D eigenvalue weighted by Crippen LogP contribution is -2.34. The zero-order valence-corrected chi connectivity index (χ0v) is 11.7. The Hall–Kier alpha value is -2.33. The highest BCUT2D eigenvalue weighted by Gasteiger charge is 2.16. The summed E-state index contributed by atoms with van der Waals surface area (Å²) in [6.45, 7) is 2.95. The third kappa shape index (κ3) is 3.23. The molecule has 0 aromatic carbocycles. The second-order valence-electron chi connectivity index (χ2n) is 4.19.